The first-order valence-corrected chi connectivity index (χ1v) is 11.8. The van der Waals surface area contributed by atoms with Gasteiger partial charge in [-0.3, -0.25) is 9.59 Å². The van der Waals surface area contributed by atoms with E-state index in [1.54, 1.807) is 31.4 Å². The van der Waals surface area contributed by atoms with Crippen molar-refractivity contribution in [2.75, 3.05) is 19.5 Å². The van der Waals surface area contributed by atoms with Gasteiger partial charge in [-0.05, 0) is 53.5 Å². The summed E-state index contributed by atoms with van der Waals surface area (Å²) in [6.45, 7) is 6.06. The molecule has 0 spiro atoms. The Morgan fingerprint density at radius 1 is 0.972 bits per heavy atom. The number of ether oxygens (including phenoxy) is 2. The molecule has 4 rings (SSSR count). The SMILES string of the molecule is COc1c(NC(=O)/C(=N/O)c2ccc(OC)c3ccccc23)cc(C(C)(C)C)cc1C(=O)NC1CC1. The van der Waals surface area contributed by atoms with Crippen molar-refractivity contribution < 1.29 is 24.3 Å². The van der Waals surface area contributed by atoms with E-state index in [0.717, 1.165) is 23.8 Å². The predicted molar refractivity (Wildman–Crippen MR) is 140 cm³/mol. The second-order valence-corrected chi connectivity index (χ2v) is 9.87. The molecule has 3 aromatic rings. The Bertz CT molecular complexity index is 1350. The summed E-state index contributed by atoms with van der Waals surface area (Å²) in [6, 6.07) is 14.5. The van der Waals surface area contributed by atoms with Crippen molar-refractivity contribution in [3.8, 4) is 11.5 Å². The highest BCUT2D eigenvalue weighted by Gasteiger charge is 2.29. The van der Waals surface area contributed by atoms with Crippen LogP contribution in [0.1, 0.15) is 55.1 Å². The molecule has 1 aliphatic rings. The number of carbonyl (C=O) groups excluding carboxylic acids is 2. The zero-order chi connectivity index (χ0) is 26.0. The Hall–Kier alpha value is -4.07. The summed E-state index contributed by atoms with van der Waals surface area (Å²) >= 11 is 0. The number of hydrogen-bond donors (Lipinski definition) is 3. The third-order valence-electron chi connectivity index (χ3n) is 6.24. The van der Waals surface area contributed by atoms with E-state index in [9.17, 15) is 14.8 Å². The first-order chi connectivity index (χ1) is 17.2. The van der Waals surface area contributed by atoms with Crippen molar-refractivity contribution in [3.05, 3.63) is 65.2 Å². The van der Waals surface area contributed by atoms with Crippen LogP contribution in [0.3, 0.4) is 0 Å². The molecule has 3 aromatic carbocycles. The number of hydrogen-bond acceptors (Lipinski definition) is 6. The van der Waals surface area contributed by atoms with Gasteiger partial charge >= 0.3 is 0 Å². The second kappa shape index (κ2) is 9.89. The monoisotopic (exact) mass is 489 g/mol. The van der Waals surface area contributed by atoms with Crippen LogP contribution in [-0.4, -0.2) is 43.0 Å². The van der Waals surface area contributed by atoms with E-state index in [1.807, 2.05) is 45.0 Å². The molecule has 8 nitrogen and oxygen atoms in total. The Labute approximate surface area is 210 Å². The first-order valence-electron chi connectivity index (χ1n) is 11.8. The van der Waals surface area contributed by atoms with Gasteiger partial charge in [0.2, 0.25) is 0 Å². The molecule has 0 radical (unpaired) electrons. The molecule has 0 bridgehead atoms. The van der Waals surface area contributed by atoms with Gasteiger partial charge in [0.15, 0.2) is 11.5 Å². The minimum atomic E-state index is -0.647. The summed E-state index contributed by atoms with van der Waals surface area (Å²) in [4.78, 5) is 26.5. The van der Waals surface area contributed by atoms with Crippen LogP contribution in [0.25, 0.3) is 10.8 Å². The van der Waals surface area contributed by atoms with Crippen molar-refractivity contribution in [3.63, 3.8) is 0 Å². The predicted octanol–water partition coefficient (Wildman–Crippen LogP) is 4.86. The zero-order valence-corrected chi connectivity index (χ0v) is 21.1. The number of rotatable bonds is 7. The highest BCUT2D eigenvalue weighted by molar-refractivity contribution is 6.50. The molecule has 0 atom stereocenters. The Balaban J connectivity index is 1.76. The molecule has 0 heterocycles. The minimum Gasteiger partial charge on any atom is -0.496 e. The summed E-state index contributed by atoms with van der Waals surface area (Å²) in [6.07, 6.45) is 1.89. The molecule has 188 valence electrons. The zero-order valence-electron chi connectivity index (χ0n) is 21.1. The fraction of sp³-hybridized carbons (Fsp3) is 0.321. The van der Waals surface area contributed by atoms with Crippen LogP contribution in [0.2, 0.25) is 0 Å². The summed E-state index contributed by atoms with van der Waals surface area (Å²) in [5, 5.41) is 20.5. The average molecular weight is 490 g/mol. The van der Waals surface area contributed by atoms with Crippen LogP contribution < -0.4 is 20.1 Å². The van der Waals surface area contributed by atoms with Gasteiger partial charge in [0.25, 0.3) is 11.8 Å². The number of benzene rings is 3. The van der Waals surface area contributed by atoms with Gasteiger partial charge in [-0.1, -0.05) is 50.2 Å². The quantitative estimate of drug-likeness (QED) is 0.249. The lowest BCUT2D eigenvalue weighted by Crippen LogP contribution is -2.28. The van der Waals surface area contributed by atoms with Gasteiger partial charge in [-0.15, -0.1) is 0 Å². The van der Waals surface area contributed by atoms with E-state index in [-0.39, 0.29) is 28.8 Å². The number of amides is 2. The number of methoxy groups -OCH3 is 2. The highest BCUT2D eigenvalue weighted by atomic mass is 16.5. The third-order valence-corrected chi connectivity index (χ3v) is 6.24. The molecular weight excluding hydrogens is 458 g/mol. The van der Waals surface area contributed by atoms with Crippen LogP contribution >= 0.6 is 0 Å². The maximum absolute atomic E-state index is 13.5. The molecule has 0 unspecified atom stereocenters. The van der Waals surface area contributed by atoms with E-state index >= 15 is 0 Å². The van der Waals surface area contributed by atoms with E-state index in [0.29, 0.717) is 28.0 Å². The Morgan fingerprint density at radius 2 is 1.67 bits per heavy atom. The molecule has 0 aliphatic heterocycles. The van der Waals surface area contributed by atoms with Crippen molar-refractivity contribution >= 4 is 34.0 Å². The van der Waals surface area contributed by atoms with E-state index in [2.05, 4.69) is 15.8 Å². The van der Waals surface area contributed by atoms with Crippen LogP contribution in [-0.2, 0) is 10.2 Å². The summed E-state index contributed by atoms with van der Waals surface area (Å²) in [5.74, 6) is -0.0248. The largest absolute Gasteiger partial charge is 0.496 e. The highest BCUT2D eigenvalue weighted by Crippen LogP contribution is 2.36. The fourth-order valence-corrected chi connectivity index (χ4v) is 4.09. The van der Waals surface area contributed by atoms with E-state index < -0.39 is 5.91 Å². The number of nitrogens with zero attached hydrogens (tertiary/aromatic N) is 1. The van der Waals surface area contributed by atoms with Gasteiger partial charge in [-0.2, -0.15) is 0 Å². The van der Waals surface area contributed by atoms with E-state index in [4.69, 9.17) is 9.47 Å². The van der Waals surface area contributed by atoms with Crippen molar-refractivity contribution in [2.24, 2.45) is 5.16 Å². The second-order valence-electron chi connectivity index (χ2n) is 9.87. The normalized spacial score (nSPS) is 13.9. The van der Waals surface area contributed by atoms with Crippen LogP contribution in [0, 0.1) is 0 Å². The lowest BCUT2D eigenvalue weighted by Gasteiger charge is -2.23. The summed E-state index contributed by atoms with van der Waals surface area (Å²) in [7, 11) is 3.02. The lowest BCUT2D eigenvalue weighted by molar-refractivity contribution is -0.110. The van der Waals surface area contributed by atoms with Crippen LogP contribution in [0.15, 0.2) is 53.7 Å². The Kier molecular flexibility index (Phi) is 6.88. The maximum Gasteiger partial charge on any atom is 0.278 e. The van der Waals surface area contributed by atoms with Gasteiger partial charge < -0.3 is 25.3 Å². The molecule has 0 saturated heterocycles. The Morgan fingerprint density at radius 3 is 2.25 bits per heavy atom. The number of oxime groups is 1. The molecule has 3 N–H and O–H groups in total. The van der Waals surface area contributed by atoms with Gasteiger partial charge in [0, 0.05) is 17.0 Å². The number of carbonyl (C=O) groups is 2. The average Bonchev–Trinajstić information content (AvgIpc) is 3.67. The summed E-state index contributed by atoms with van der Waals surface area (Å²) < 4.78 is 11.0. The summed E-state index contributed by atoms with van der Waals surface area (Å²) in [5.41, 5.74) is 1.45. The minimum absolute atomic E-state index is 0.162. The smallest absolute Gasteiger partial charge is 0.278 e. The van der Waals surface area contributed by atoms with Crippen LogP contribution in [0.5, 0.6) is 11.5 Å². The number of nitrogens with one attached hydrogen (secondary N) is 2. The molecule has 1 fully saturated rings. The molecule has 2 amide bonds. The maximum atomic E-state index is 13.5. The van der Waals surface area contributed by atoms with Crippen LogP contribution in [0.4, 0.5) is 5.69 Å². The van der Waals surface area contributed by atoms with Gasteiger partial charge in [0.05, 0.1) is 25.5 Å². The first kappa shape index (κ1) is 25.0. The van der Waals surface area contributed by atoms with Crippen molar-refractivity contribution in [1.82, 2.24) is 5.32 Å². The van der Waals surface area contributed by atoms with Gasteiger partial charge in [0.1, 0.15) is 5.75 Å². The van der Waals surface area contributed by atoms with Crippen molar-refractivity contribution in [2.45, 2.75) is 45.1 Å². The molecule has 1 saturated carbocycles. The van der Waals surface area contributed by atoms with Crippen molar-refractivity contribution in [1.29, 1.82) is 0 Å². The van der Waals surface area contributed by atoms with Gasteiger partial charge in [-0.25, -0.2) is 0 Å². The molecular formula is C28H31N3O5. The molecule has 1 aliphatic carbocycles. The topological polar surface area (TPSA) is 109 Å². The van der Waals surface area contributed by atoms with E-state index in [1.165, 1.54) is 7.11 Å². The lowest BCUT2D eigenvalue weighted by atomic mass is 9.85. The number of fused-ring (bicyclic) bond motifs is 1. The standard InChI is InChI=1S/C28H31N3O5/c1-28(2,3)16-14-21(26(32)29-17-10-11-17)25(36-5)22(15-16)30-27(33)24(31-34)20-12-13-23(35-4)19-9-7-6-8-18(19)20/h6-9,12-15,17,34H,10-11H2,1-5H3,(H,29,32)(H,30,33)/b31-24+. The molecule has 8 heteroatoms. The molecule has 0 aromatic heterocycles. The third kappa shape index (κ3) is 4.98. The number of anilines is 1. The molecule has 36 heavy (non-hydrogen) atoms. The fourth-order valence-electron chi connectivity index (χ4n) is 4.09.